The van der Waals surface area contributed by atoms with E-state index in [4.69, 9.17) is 0 Å². The van der Waals surface area contributed by atoms with Crippen LogP contribution in [-0.2, 0) is 4.79 Å². The minimum Gasteiger partial charge on any atom is -0.383 e. The Balaban J connectivity index is 1.76. The van der Waals surface area contributed by atoms with Gasteiger partial charge in [0.05, 0.1) is 0 Å². The van der Waals surface area contributed by atoms with Gasteiger partial charge >= 0.3 is 0 Å². The van der Waals surface area contributed by atoms with Crippen molar-refractivity contribution in [1.29, 1.82) is 0 Å². The number of nitrogens with one attached hydrogen (secondary N) is 1. The van der Waals surface area contributed by atoms with Gasteiger partial charge in [-0.15, -0.1) is 6.58 Å². The molecule has 1 unspecified atom stereocenters. The SMILES string of the molecule is C=CC1CC(=O)N(CCNc2ccncc2)C1. The molecule has 17 heavy (non-hydrogen) atoms. The van der Waals surface area contributed by atoms with Gasteiger partial charge in [-0.05, 0) is 12.1 Å². The summed E-state index contributed by atoms with van der Waals surface area (Å²) in [6.45, 7) is 6.05. The number of rotatable bonds is 5. The zero-order valence-corrected chi connectivity index (χ0v) is 9.80. The fourth-order valence-corrected chi connectivity index (χ4v) is 1.98. The zero-order chi connectivity index (χ0) is 12.1. The molecule has 0 aliphatic carbocycles. The molecule has 1 saturated heterocycles. The maximum Gasteiger partial charge on any atom is 0.223 e. The van der Waals surface area contributed by atoms with Crippen molar-refractivity contribution in [3.05, 3.63) is 37.2 Å². The first-order valence-corrected chi connectivity index (χ1v) is 5.84. The van der Waals surface area contributed by atoms with Gasteiger partial charge in [0, 0.05) is 50.1 Å². The standard InChI is InChI=1S/C13H17N3O/c1-2-11-9-13(17)16(10-11)8-7-15-12-3-5-14-6-4-12/h2-6,11H,1,7-10H2,(H,14,15). The summed E-state index contributed by atoms with van der Waals surface area (Å²) < 4.78 is 0. The Bertz CT molecular complexity index is 391. The highest BCUT2D eigenvalue weighted by Gasteiger charge is 2.26. The monoisotopic (exact) mass is 231 g/mol. The third-order valence-corrected chi connectivity index (χ3v) is 2.97. The molecule has 1 amide bonds. The molecule has 0 spiro atoms. The van der Waals surface area contributed by atoms with Gasteiger partial charge in [-0.1, -0.05) is 6.08 Å². The number of hydrogen-bond acceptors (Lipinski definition) is 3. The second-order valence-electron chi connectivity index (χ2n) is 4.20. The van der Waals surface area contributed by atoms with Gasteiger partial charge in [0.2, 0.25) is 5.91 Å². The lowest BCUT2D eigenvalue weighted by Crippen LogP contribution is -2.30. The molecule has 4 heteroatoms. The minimum atomic E-state index is 0.228. The molecule has 4 nitrogen and oxygen atoms in total. The van der Waals surface area contributed by atoms with Crippen LogP contribution in [0.5, 0.6) is 0 Å². The highest BCUT2D eigenvalue weighted by atomic mass is 16.2. The van der Waals surface area contributed by atoms with Crippen LogP contribution in [0.1, 0.15) is 6.42 Å². The van der Waals surface area contributed by atoms with Crippen LogP contribution >= 0.6 is 0 Å². The van der Waals surface area contributed by atoms with E-state index in [0.29, 0.717) is 12.3 Å². The van der Waals surface area contributed by atoms with Crippen LogP contribution < -0.4 is 5.32 Å². The summed E-state index contributed by atoms with van der Waals surface area (Å²) in [7, 11) is 0. The smallest absolute Gasteiger partial charge is 0.223 e. The number of carbonyl (C=O) groups is 1. The van der Waals surface area contributed by atoms with E-state index in [-0.39, 0.29) is 5.91 Å². The Morgan fingerprint density at radius 2 is 2.29 bits per heavy atom. The molecule has 1 N–H and O–H groups in total. The van der Waals surface area contributed by atoms with E-state index in [2.05, 4.69) is 16.9 Å². The molecule has 1 aliphatic heterocycles. The summed E-state index contributed by atoms with van der Waals surface area (Å²) in [5.74, 6) is 0.551. The molecule has 90 valence electrons. The Labute approximate surface area is 101 Å². The molecule has 0 saturated carbocycles. The van der Waals surface area contributed by atoms with Crippen LogP contribution in [0.2, 0.25) is 0 Å². The fourth-order valence-electron chi connectivity index (χ4n) is 1.98. The lowest BCUT2D eigenvalue weighted by atomic mass is 10.1. The number of carbonyl (C=O) groups excluding carboxylic acids is 1. The zero-order valence-electron chi connectivity index (χ0n) is 9.80. The molecular formula is C13H17N3O. The third-order valence-electron chi connectivity index (χ3n) is 2.97. The summed E-state index contributed by atoms with van der Waals surface area (Å²) in [5.41, 5.74) is 1.03. The van der Waals surface area contributed by atoms with Gasteiger partial charge < -0.3 is 10.2 Å². The molecule has 2 rings (SSSR count). The average molecular weight is 231 g/mol. The van der Waals surface area contributed by atoms with Crippen molar-refractivity contribution < 1.29 is 4.79 Å². The van der Waals surface area contributed by atoms with Gasteiger partial charge in [0.25, 0.3) is 0 Å². The molecule has 1 atom stereocenters. The molecule has 0 bridgehead atoms. The van der Waals surface area contributed by atoms with Crippen LogP contribution in [0, 0.1) is 5.92 Å². The van der Waals surface area contributed by atoms with E-state index in [1.807, 2.05) is 23.1 Å². The number of anilines is 1. The predicted octanol–water partition coefficient (Wildman–Crippen LogP) is 1.53. The van der Waals surface area contributed by atoms with Crippen molar-refractivity contribution in [3.63, 3.8) is 0 Å². The van der Waals surface area contributed by atoms with Crippen molar-refractivity contribution in [2.45, 2.75) is 6.42 Å². The quantitative estimate of drug-likeness (QED) is 0.782. The van der Waals surface area contributed by atoms with Crippen molar-refractivity contribution in [2.24, 2.45) is 5.92 Å². The van der Waals surface area contributed by atoms with Gasteiger partial charge in [-0.25, -0.2) is 0 Å². The number of nitrogens with zero attached hydrogens (tertiary/aromatic N) is 2. The number of hydrogen-bond donors (Lipinski definition) is 1. The summed E-state index contributed by atoms with van der Waals surface area (Å²) in [6, 6.07) is 3.83. The van der Waals surface area contributed by atoms with Crippen LogP contribution in [-0.4, -0.2) is 35.4 Å². The van der Waals surface area contributed by atoms with E-state index in [1.54, 1.807) is 12.4 Å². The largest absolute Gasteiger partial charge is 0.383 e. The number of likely N-dealkylation sites (tertiary alicyclic amines) is 1. The van der Waals surface area contributed by atoms with Crippen molar-refractivity contribution in [3.8, 4) is 0 Å². The Morgan fingerprint density at radius 1 is 1.53 bits per heavy atom. The van der Waals surface area contributed by atoms with Crippen LogP contribution in [0.4, 0.5) is 5.69 Å². The first kappa shape index (κ1) is 11.6. The molecule has 1 aromatic rings. The third kappa shape index (κ3) is 3.06. The Hall–Kier alpha value is -1.84. The Morgan fingerprint density at radius 3 is 2.94 bits per heavy atom. The summed E-state index contributed by atoms with van der Waals surface area (Å²) in [4.78, 5) is 17.5. The number of pyridine rings is 1. The molecule has 1 aromatic heterocycles. The van der Waals surface area contributed by atoms with Crippen LogP contribution in [0.25, 0.3) is 0 Å². The number of amides is 1. The second-order valence-corrected chi connectivity index (χ2v) is 4.20. The van der Waals surface area contributed by atoms with E-state index in [1.165, 1.54) is 0 Å². The topological polar surface area (TPSA) is 45.2 Å². The normalized spacial score (nSPS) is 19.4. The maximum absolute atomic E-state index is 11.6. The molecule has 1 fully saturated rings. The molecule has 0 aromatic carbocycles. The summed E-state index contributed by atoms with van der Waals surface area (Å²) in [5, 5.41) is 3.27. The van der Waals surface area contributed by atoms with E-state index in [9.17, 15) is 4.79 Å². The van der Waals surface area contributed by atoms with Crippen molar-refractivity contribution in [2.75, 3.05) is 25.0 Å². The highest BCUT2D eigenvalue weighted by molar-refractivity contribution is 5.79. The van der Waals surface area contributed by atoms with Gasteiger partial charge in [-0.2, -0.15) is 0 Å². The van der Waals surface area contributed by atoms with Crippen LogP contribution in [0.3, 0.4) is 0 Å². The van der Waals surface area contributed by atoms with E-state index in [0.717, 1.165) is 25.3 Å². The Kier molecular flexibility index (Phi) is 3.75. The van der Waals surface area contributed by atoms with Gasteiger partial charge in [0.15, 0.2) is 0 Å². The molecule has 0 radical (unpaired) electrons. The second kappa shape index (κ2) is 5.48. The van der Waals surface area contributed by atoms with Crippen molar-refractivity contribution >= 4 is 11.6 Å². The first-order valence-electron chi connectivity index (χ1n) is 5.84. The lowest BCUT2D eigenvalue weighted by Gasteiger charge is -2.16. The van der Waals surface area contributed by atoms with E-state index >= 15 is 0 Å². The maximum atomic E-state index is 11.6. The van der Waals surface area contributed by atoms with Crippen LogP contribution in [0.15, 0.2) is 37.2 Å². The molecule has 1 aliphatic rings. The predicted molar refractivity (Wildman–Crippen MR) is 67.6 cm³/mol. The summed E-state index contributed by atoms with van der Waals surface area (Å²) in [6.07, 6.45) is 5.97. The fraction of sp³-hybridized carbons (Fsp3) is 0.385. The van der Waals surface area contributed by atoms with Gasteiger partial charge in [-0.3, -0.25) is 9.78 Å². The first-order chi connectivity index (χ1) is 8.29. The molecule has 2 heterocycles. The highest BCUT2D eigenvalue weighted by Crippen LogP contribution is 2.17. The molecular weight excluding hydrogens is 214 g/mol. The van der Waals surface area contributed by atoms with E-state index < -0.39 is 0 Å². The summed E-state index contributed by atoms with van der Waals surface area (Å²) >= 11 is 0. The van der Waals surface area contributed by atoms with Gasteiger partial charge in [0.1, 0.15) is 0 Å². The minimum absolute atomic E-state index is 0.228. The number of aromatic nitrogens is 1. The van der Waals surface area contributed by atoms with Crippen molar-refractivity contribution in [1.82, 2.24) is 9.88 Å². The average Bonchev–Trinajstić information content (AvgIpc) is 2.72. The lowest BCUT2D eigenvalue weighted by molar-refractivity contribution is -0.127.